The first-order valence-electron chi connectivity index (χ1n) is 11.1. The molecule has 0 amide bonds. The van der Waals surface area contributed by atoms with Gasteiger partial charge in [-0.1, -0.05) is 115 Å². The SMILES string of the molecule is C=CCC(CC=C)CCCCCCCCCCCCCCCCC. The largest absolute Gasteiger partial charge is 0.103 e. The molecule has 0 aromatic carbocycles. The highest BCUT2D eigenvalue weighted by Crippen LogP contribution is 2.19. The zero-order valence-electron chi connectivity index (χ0n) is 16.9. The van der Waals surface area contributed by atoms with Gasteiger partial charge in [0.2, 0.25) is 0 Å². The lowest BCUT2D eigenvalue weighted by molar-refractivity contribution is 0.456. The van der Waals surface area contributed by atoms with E-state index in [2.05, 4.69) is 32.2 Å². The van der Waals surface area contributed by atoms with Crippen LogP contribution in [0.3, 0.4) is 0 Å². The third kappa shape index (κ3) is 17.8. The number of unbranched alkanes of at least 4 members (excludes halogenated alkanes) is 14. The van der Waals surface area contributed by atoms with Gasteiger partial charge >= 0.3 is 0 Å². The summed E-state index contributed by atoms with van der Waals surface area (Å²) in [6.45, 7) is 10.0. The van der Waals surface area contributed by atoms with E-state index < -0.39 is 0 Å². The number of hydrogen-bond donors (Lipinski definition) is 0. The first kappa shape index (κ1) is 23.5. The summed E-state index contributed by atoms with van der Waals surface area (Å²) >= 11 is 0. The molecule has 142 valence electrons. The Bertz CT molecular complexity index is 243. The molecule has 24 heavy (non-hydrogen) atoms. The minimum Gasteiger partial charge on any atom is -0.103 e. The molecule has 0 aromatic heterocycles. The van der Waals surface area contributed by atoms with E-state index in [9.17, 15) is 0 Å². The van der Waals surface area contributed by atoms with Gasteiger partial charge in [0.1, 0.15) is 0 Å². The van der Waals surface area contributed by atoms with Crippen LogP contribution >= 0.6 is 0 Å². The van der Waals surface area contributed by atoms with Crippen LogP contribution in [0.2, 0.25) is 0 Å². The molecule has 0 atom stereocenters. The maximum atomic E-state index is 3.87. The van der Waals surface area contributed by atoms with E-state index in [1.807, 2.05) is 0 Å². The lowest BCUT2D eigenvalue weighted by Crippen LogP contribution is -1.97. The van der Waals surface area contributed by atoms with Gasteiger partial charge in [-0.05, 0) is 25.2 Å². The molecule has 0 bridgehead atoms. The molecule has 0 aliphatic carbocycles. The van der Waals surface area contributed by atoms with Crippen LogP contribution in [0, 0.1) is 5.92 Å². The fraction of sp³-hybridized carbons (Fsp3) is 0.833. The van der Waals surface area contributed by atoms with E-state index in [1.165, 1.54) is 103 Å². The predicted octanol–water partition coefficient (Wildman–Crippen LogP) is 9.02. The van der Waals surface area contributed by atoms with Crippen molar-refractivity contribution in [1.29, 1.82) is 0 Å². The van der Waals surface area contributed by atoms with Crippen molar-refractivity contribution >= 4 is 0 Å². The van der Waals surface area contributed by atoms with Crippen molar-refractivity contribution in [3.8, 4) is 0 Å². The molecule has 0 saturated heterocycles. The molecule has 0 heterocycles. The zero-order chi connectivity index (χ0) is 17.7. The van der Waals surface area contributed by atoms with Crippen molar-refractivity contribution in [3.63, 3.8) is 0 Å². The Morgan fingerprint density at radius 3 is 1.21 bits per heavy atom. The summed E-state index contributed by atoms with van der Waals surface area (Å²) in [4.78, 5) is 0. The second-order valence-electron chi connectivity index (χ2n) is 7.65. The van der Waals surface area contributed by atoms with Crippen molar-refractivity contribution in [2.45, 2.75) is 122 Å². The van der Waals surface area contributed by atoms with Gasteiger partial charge in [-0.3, -0.25) is 0 Å². The molecule has 0 fully saturated rings. The first-order valence-corrected chi connectivity index (χ1v) is 11.1. The summed E-state index contributed by atoms with van der Waals surface area (Å²) in [6.07, 6.45) is 29.5. The summed E-state index contributed by atoms with van der Waals surface area (Å²) in [5.74, 6) is 0.793. The molecular weight excluding hydrogens is 288 g/mol. The monoisotopic (exact) mass is 334 g/mol. The van der Waals surface area contributed by atoms with Gasteiger partial charge in [-0.2, -0.15) is 0 Å². The molecule has 0 spiro atoms. The molecule has 0 unspecified atom stereocenters. The fourth-order valence-electron chi connectivity index (χ4n) is 3.61. The predicted molar refractivity (Wildman–Crippen MR) is 113 cm³/mol. The maximum absolute atomic E-state index is 3.87. The molecule has 0 rings (SSSR count). The molecule has 0 aliphatic heterocycles. The molecule has 0 radical (unpaired) electrons. The van der Waals surface area contributed by atoms with Crippen LogP contribution in [0.25, 0.3) is 0 Å². The Labute approximate surface area is 154 Å². The van der Waals surface area contributed by atoms with Crippen molar-refractivity contribution in [2.24, 2.45) is 5.92 Å². The molecule has 0 aliphatic rings. The van der Waals surface area contributed by atoms with Crippen LogP contribution in [-0.4, -0.2) is 0 Å². The van der Waals surface area contributed by atoms with Crippen molar-refractivity contribution in [1.82, 2.24) is 0 Å². The highest BCUT2D eigenvalue weighted by atomic mass is 14.1. The number of allylic oxidation sites excluding steroid dienone is 2. The zero-order valence-corrected chi connectivity index (χ0v) is 16.9. The lowest BCUT2D eigenvalue weighted by atomic mass is 9.94. The molecule has 0 aromatic rings. The second kappa shape index (κ2) is 20.5. The summed E-state index contributed by atoms with van der Waals surface area (Å²) in [5.41, 5.74) is 0. The van der Waals surface area contributed by atoms with Crippen molar-refractivity contribution in [2.75, 3.05) is 0 Å². The Hall–Kier alpha value is -0.520. The van der Waals surface area contributed by atoms with E-state index in [0.29, 0.717) is 0 Å². The third-order valence-corrected chi connectivity index (χ3v) is 5.22. The second-order valence-corrected chi connectivity index (χ2v) is 7.65. The van der Waals surface area contributed by atoms with E-state index in [1.54, 1.807) is 0 Å². The highest BCUT2D eigenvalue weighted by Gasteiger charge is 2.04. The van der Waals surface area contributed by atoms with Crippen LogP contribution in [-0.2, 0) is 0 Å². The minimum absolute atomic E-state index is 0.793. The molecule has 0 saturated carbocycles. The first-order chi connectivity index (χ1) is 11.8. The van der Waals surface area contributed by atoms with Gasteiger partial charge in [0.15, 0.2) is 0 Å². The van der Waals surface area contributed by atoms with Gasteiger partial charge in [-0.25, -0.2) is 0 Å². The van der Waals surface area contributed by atoms with Crippen LogP contribution in [0.15, 0.2) is 25.3 Å². The average Bonchev–Trinajstić information content (AvgIpc) is 2.58. The van der Waals surface area contributed by atoms with E-state index in [-0.39, 0.29) is 0 Å². The van der Waals surface area contributed by atoms with Gasteiger partial charge in [0.25, 0.3) is 0 Å². The Morgan fingerprint density at radius 2 is 0.875 bits per heavy atom. The van der Waals surface area contributed by atoms with E-state index in [4.69, 9.17) is 0 Å². The van der Waals surface area contributed by atoms with Crippen molar-refractivity contribution < 1.29 is 0 Å². The van der Waals surface area contributed by atoms with Gasteiger partial charge in [-0.15, -0.1) is 13.2 Å². The smallest absolute Gasteiger partial charge is 0.0322 e. The normalized spacial score (nSPS) is 11.1. The summed E-state index contributed by atoms with van der Waals surface area (Å²) < 4.78 is 0. The quantitative estimate of drug-likeness (QED) is 0.154. The van der Waals surface area contributed by atoms with Crippen LogP contribution < -0.4 is 0 Å². The Kier molecular flexibility index (Phi) is 20.1. The topological polar surface area (TPSA) is 0 Å². The Morgan fingerprint density at radius 1 is 0.542 bits per heavy atom. The summed E-state index contributed by atoms with van der Waals surface area (Å²) in [5, 5.41) is 0. The number of rotatable bonds is 20. The fourth-order valence-corrected chi connectivity index (χ4v) is 3.61. The molecule has 0 N–H and O–H groups in total. The van der Waals surface area contributed by atoms with Crippen molar-refractivity contribution in [3.05, 3.63) is 25.3 Å². The minimum atomic E-state index is 0.793. The third-order valence-electron chi connectivity index (χ3n) is 5.22. The number of hydrogen-bond acceptors (Lipinski definition) is 0. The lowest BCUT2D eigenvalue weighted by Gasteiger charge is -2.12. The molecular formula is C24H46. The van der Waals surface area contributed by atoms with E-state index in [0.717, 1.165) is 18.8 Å². The summed E-state index contributed by atoms with van der Waals surface area (Å²) in [7, 11) is 0. The van der Waals surface area contributed by atoms with Crippen LogP contribution in [0.4, 0.5) is 0 Å². The van der Waals surface area contributed by atoms with Gasteiger partial charge in [0.05, 0.1) is 0 Å². The van der Waals surface area contributed by atoms with E-state index >= 15 is 0 Å². The molecule has 0 nitrogen and oxygen atoms in total. The van der Waals surface area contributed by atoms with Crippen LogP contribution in [0.5, 0.6) is 0 Å². The van der Waals surface area contributed by atoms with Gasteiger partial charge < -0.3 is 0 Å². The van der Waals surface area contributed by atoms with Gasteiger partial charge in [0, 0.05) is 0 Å². The Balaban J connectivity index is 3.16. The summed E-state index contributed by atoms with van der Waals surface area (Å²) in [6, 6.07) is 0. The standard InChI is InChI=1S/C24H46/c1-4-7-8-9-10-11-12-13-14-15-16-17-18-19-20-23-24(21-5-2)22-6-3/h5-6,24H,2-4,7-23H2,1H3. The highest BCUT2D eigenvalue weighted by molar-refractivity contribution is 4.79. The molecule has 0 heteroatoms. The average molecular weight is 335 g/mol. The van der Waals surface area contributed by atoms with Crippen LogP contribution in [0.1, 0.15) is 122 Å². The maximum Gasteiger partial charge on any atom is -0.0322 e.